The largest absolute Gasteiger partial charge is 0.324 e. The zero-order valence-corrected chi connectivity index (χ0v) is 11.5. The third-order valence-electron chi connectivity index (χ3n) is 3.15. The molecule has 0 radical (unpaired) electrons. The summed E-state index contributed by atoms with van der Waals surface area (Å²) in [7, 11) is 0. The quantitative estimate of drug-likeness (QED) is 0.814. The highest BCUT2D eigenvalue weighted by Crippen LogP contribution is 2.38. The Morgan fingerprint density at radius 1 is 1.32 bits per heavy atom. The summed E-state index contributed by atoms with van der Waals surface area (Å²) >= 11 is 1.74. The lowest BCUT2D eigenvalue weighted by Gasteiger charge is -2.07. The lowest BCUT2D eigenvalue weighted by atomic mass is 10.3. The molecule has 3 rings (SSSR count). The molecular weight excluding hydrogens is 258 g/mol. The molecule has 0 aromatic carbocycles. The zero-order chi connectivity index (χ0) is 13.1. The van der Waals surface area contributed by atoms with Crippen molar-refractivity contribution < 1.29 is 0 Å². The number of nitrogens with zero attached hydrogens (tertiary/aromatic N) is 4. The van der Waals surface area contributed by atoms with Crippen molar-refractivity contribution in [1.82, 2.24) is 19.7 Å². The lowest BCUT2D eigenvalue weighted by molar-refractivity contribution is 0.626. The van der Waals surface area contributed by atoms with E-state index in [-0.39, 0.29) is 0 Å². The van der Waals surface area contributed by atoms with Gasteiger partial charge in [-0.3, -0.25) is 4.98 Å². The van der Waals surface area contributed by atoms with E-state index in [1.54, 1.807) is 11.8 Å². The average Bonchev–Trinajstić information content (AvgIpc) is 3.21. The van der Waals surface area contributed by atoms with Gasteiger partial charge in [-0.1, -0.05) is 17.8 Å². The average molecular weight is 275 g/mol. The maximum atomic E-state index is 5.71. The topological polar surface area (TPSA) is 69.6 Å². The molecule has 2 N–H and O–H groups in total. The van der Waals surface area contributed by atoms with Crippen LogP contribution in [0.15, 0.2) is 29.6 Å². The van der Waals surface area contributed by atoms with Crippen molar-refractivity contribution in [2.24, 2.45) is 5.73 Å². The molecule has 6 heteroatoms. The van der Waals surface area contributed by atoms with Gasteiger partial charge < -0.3 is 10.3 Å². The first-order chi connectivity index (χ1) is 9.38. The molecule has 19 heavy (non-hydrogen) atoms. The summed E-state index contributed by atoms with van der Waals surface area (Å²) in [6, 6.07) is 6.59. The van der Waals surface area contributed by atoms with Gasteiger partial charge in [-0.15, -0.1) is 10.2 Å². The van der Waals surface area contributed by atoms with E-state index in [0.29, 0.717) is 12.6 Å². The van der Waals surface area contributed by atoms with Gasteiger partial charge in [0.05, 0.1) is 6.54 Å². The first-order valence-electron chi connectivity index (χ1n) is 6.55. The van der Waals surface area contributed by atoms with Crippen LogP contribution in [0.4, 0.5) is 0 Å². The highest BCUT2D eigenvalue weighted by molar-refractivity contribution is 7.99. The molecule has 0 bridgehead atoms. The minimum Gasteiger partial charge on any atom is -0.324 e. The number of aromatic nitrogens is 4. The third-order valence-corrected chi connectivity index (χ3v) is 4.09. The second-order valence-electron chi connectivity index (χ2n) is 4.62. The molecule has 1 saturated carbocycles. The van der Waals surface area contributed by atoms with Crippen LogP contribution in [0.5, 0.6) is 0 Å². The van der Waals surface area contributed by atoms with E-state index >= 15 is 0 Å². The Morgan fingerprint density at radius 3 is 2.89 bits per heavy atom. The minimum absolute atomic E-state index is 0.463. The van der Waals surface area contributed by atoms with Crippen LogP contribution in [0.1, 0.15) is 30.4 Å². The minimum atomic E-state index is 0.463. The summed E-state index contributed by atoms with van der Waals surface area (Å²) in [6.45, 7) is 0.463. The van der Waals surface area contributed by atoms with E-state index in [1.807, 2.05) is 18.3 Å². The fourth-order valence-electron chi connectivity index (χ4n) is 2.04. The number of aryl methyl sites for hydroxylation is 1. The number of thioether (sulfide) groups is 1. The Bertz CT molecular complexity index is 535. The van der Waals surface area contributed by atoms with E-state index < -0.39 is 0 Å². The van der Waals surface area contributed by atoms with Gasteiger partial charge >= 0.3 is 0 Å². The van der Waals surface area contributed by atoms with Crippen molar-refractivity contribution >= 4 is 11.8 Å². The van der Waals surface area contributed by atoms with Gasteiger partial charge in [-0.2, -0.15) is 0 Å². The number of pyridine rings is 1. The molecule has 1 aliphatic carbocycles. The Balaban J connectivity index is 1.62. The molecule has 2 aromatic rings. The Hall–Kier alpha value is -1.40. The van der Waals surface area contributed by atoms with Crippen molar-refractivity contribution in [3.05, 3.63) is 35.9 Å². The van der Waals surface area contributed by atoms with Crippen LogP contribution >= 0.6 is 11.8 Å². The SMILES string of the molecule is NCc1nnc(SCCc2ccccn2)n1C1CC1. The molecule has 0 aliphatic heterocycles. The molecular formula is C13H17N5S. The lowest BCUT2D eigenvalue weighted by Crippen LogP contribution is -2.08. The molecule has 0 atom stereocenters. The smallest absolute Gasteiger partial charge is 0.191 e. The van der Waals surface area contributed by atoms with Crippen LogP contribution < -0.4 is 5.73 Å². The Kier molecular flexibility index (Phi) is 3.79. The predicted octanol–water partition coefficient (Wildman–Crippen LogP) is 1.80. The summed E-state index contributed by atoms with van der Waals surface area (Å²) in [4.78, 5) is 4.33. The van der Waals surface area contributed by atoms with Gasteiger partial charge in [0.15, 0.2) is 5.16 Å². The van der Waals surface area contributed by atoms with E-state index in [4.69, 9.17) is 5.73 Å². The van der Waals surface area contributed by atoms with Crippen LogP contribution in [0, 0.1) is 0 Å². The van der Waals surface area contributed by atoms with Gasteiger partial charge in [0.2, 0.25) is 0 Å². The van der Waals surface area contributed by atoms with Crippen molar-refractivity contribution in [3.63, 3.8) is 0 Å². The van der Waals surface area contributed by atoms with Crippen molar-refractivity contribution in [2.45, 2.75) is 37.0 Å². The van der Waals surface area contributed by atoms with Gasteiger partial charge in [0.1, 0.15) is 5.82 Å². The van der Waals surface area contributed by atoms with Crippen molar-refractivity contribution in [1.29, 1.82) is 0 Å². The van der Waals surface area contributed by atoms with Gasteiger partial charge in [0.25, 0.3) is 0 Å². The molecule has 1 fully saturated rings. The maximum Gasteiger partial charge on any atom is 0.191 e. The highest BCUT2D eigenvalue weighted by Gasteiger charge is 2.28. The van der Waals surface area contributed by atoms with Gasteiger partial charge in [0, 0.05) is 23.7 Å². The van der Waals surface area contributed by atoms with E-state index in [2.05, 4.69) is 25.8 Å². The standard InChI is InChI=1S/C13H17N5S/c14-9-12-16-17-13(18(12)11-4-5-11)19-8-6-10-3-1-2-7-15-10/h1-3,7,11H,4-6,8-9,14H2. The molecule has 2 aromatic heterocycles. The number of rotatable bonds is 6. The summed E-state index contributed by atoms with van der Waals surface area (Å²) in [5.74, 6) is 1.87. The zero-order valence-electron chi connectivity index (χ0n) is 10.7. The third kappa shape index (κ3) is 2.96. The van der Waals surface area contributed by atoms with Gasteiger partial charge in [-0.25, -0.2) is 0 Å². The highest BCUT2D eigenvalue weighted by atomic mass is 32.2. The van der Waals surface area contributed by atoms with Crippen LogP contribution in [-0.2, 0) is 13.0 Å². The molecule has 0 amide bonds. The van der Waals surface area contributed by atoms with Gasteiger partial charge in [-0.05, 0) is 31.4 Å². The molecule has 100 valence electrons. The van der Waals surface area contributed by atoms with Crippen LogP contribution in [0.2, 0.25) is 0 Å². The Labute approximate surface area is 116 Å². The molecule has 5 nitrogen and oxygen atoms in total. The first kappa shape index (κ1) is 12.6. The molecule has 0 unspecified atom stereocenters. The van der Waals surface area contributed by atoms with Crippen molar-refractivity contribution in [3.8, 4) is 0 Å². The van der Waals surface area contributed by atoms with Crippen molar-refractivity contribution in [2.75, 3.05) is 5.75 Å². The Morgan fingerprint density at radius 2 is 2.21 bits per heavy atom. The van der Waals surface area contributed by atoms with E-state index in [0.717, 1.165) is 28.8 Å². The van der Waals surface area contributed by atoms with Crippen LogP contribution in [0.3, 0.4) is 0 Å². The normalized spacial score (nSPS) is 14.8. The number of hydrogen-bond acceptors (Lipinski definition) is 5. The molecule has 2 heterocycles. The molecule has 0 saturated heterocycles. The molecule has 0 spiro atoms. The van der Waals surface area contributed by atoms with E-state index in [1.165, 1.54) is 12.8 Å². The summed E-state index contributed by atoms with van der Waals surface area (Å²) in [5.41, 5.74) is 6.82. The second-order valence-corrected chi connectivity index (χ2v) is 5.69. The summed E-state index contributed by atoms with van der Waals surface area (Å²) in [5, 5.41) is 9.43. The number of hydrogen-bond donors (Lipinski definition) is 1. The molecule has 1 aliphatic rings. The monoisotopic (exact) mass is 275 g/mol. The fourth-order valence-corrected chi connectivity index (χ4v) is 3.02. The predicted molar refractivity (Wildman–Crippen MR) is 74.8 cm³/mol. The summed E-state index contributed by atoms with van der Waals surface area (Å²) < 4.78 is 2.21. The first-order valence-corrected chi connectivity index (χ1v) is 7.53. The van der Waals surface area contributed by atoms with Crippen LogP contribution in [-0.4, -0.2) is 25.5 Å². The fraction of sp³-hybridized carbons (Fsp3) is 0.462. The maximum absolute atomic E-state index is 5.71. The van der Waals surface area contributed by atoms with Crippen LogP contribution in [0.25, 0.3) is 0 Å². The summed E-state index contributed by atoms with van der Waals surface area (Å²) in [6.07, 6.45) is 5.22. The van der Waals surface area contributed by atoms with E-state index in [9.17, 15) is 0 Å². The number of nitrogens with two attached hydrogens (primary N) is 1. The second kappa shape index (κ2) is 5.71.